The number of carbonyl (C=O) groups excluding carboxylic acids is 1. The summed E-state index contributed by atoms with van der Waals surface area (Å²) in [5, 5.41) is 3.17. The van der Waals surface area contributed by atoms with Crippen molar-refractivity contribution in [1.82, 2.24) is 14.7 Å². The first kappa shape index (κ1) is 17.5. The number of nitrogens with zero attached hydrogens (tertiary/aromatic N) is 2. The molecule has 5 rings (SSSR count). The summed E-state index contributed by atoms with van der Waals surface area (Å²) < 4.78 is 7.67. The van der Waals surface area contributed by atoms with E-state index < -0.39 is 0 Å². The van der Waals surface area contributed by atoms with Crippen LogP contribution in [-0.2, 0) is 0 Å². The number of benzene rings is 2. The molecule has 0 saturated carbocycles. The van der Waals surface area contributed by atoms with E-state index in [0.29, 0.717) is 12.2 Å². The van der Waals surface area contributed by atoms with Crippen LogP contribution in [0.1, 0.15) is 33.9 Å². The van der Waals surface area contributed by atoms with Crippen molar-refractivity contribution in [3.05, 3.63) is 89.7 Å². The van der Waals surface area contributed by atoms with Crippen LogP contribution >= 0.6 is 0 Å². The van der Waals surface area contributed by atoms with Gasteiger partial charge in [-0.3, -0.25) is 4.79 Å². The van der Waals surface area contributed by atoms with Gasteiger partial charge in [0.25, 0.3) is 5.91 Å². The van der Waals surface area contributed by atoms with E-state index in [2.05, 4.69) is 16.4 Å². The van der Waals surface area contributed by atoms with Crippen LogP contribution in [-0.4, -0.2) is 21.9 Å². The van der Waals surface area contributed by atoms with Gasteiger partial charge in [-0.05, 0) is 25.1 Å². The van der Waals surface area contributed by atoms with Crippen molar-refractivity contribution in [3.63, 3.8) is 0 Å². The van der Waals surface area contributed by atoms with E-state index in [9.17, 15) is 4.79 Å². The Bertz CT molecular complexity index is 1200. The molecule has 3 heterocycles. The number of aromatic nitrogens is 2. The number of pyridine rings is 1. The largest absolute Gasteiger partial charge is 0.493 e. The predicted molar refractivity (Wildman–Crippen MR) is 112 cm³/mol. The molecule has 0 saturated heterocycles. The van der Waals surface area contributed by atoms with Gasteiger partial charge in [-0.15, -0.1) is 0 Å². The lowest BCUT2D eigenvalue weighted by molar-refractivity contribution is 0.0924. The fourth-order valence-corrected chi connectivity index (χ4v) is 3.78. The summed E-state index contributed by atoms with van der Waals surface area (Å²) in [6.07, 6.45) is 4.61. The molecule has 4 aromatic rings. The first-order valence-corrected chi connectivity index (χ1v) is 9.76. The molecule has 0 radical (unpaired) electrons. The Morgan fingerprint density at radius 1 is 1.14 bits per heavy atom. The molecule has 1 aliphatic heterocycles. The van der Waals surface area contributed by atoms with Crippen LogP contribution in [0.2, 0.25) is 0 Å². The summed E-state index contributed by atoms with van der Waals surface area (Å²) in [5.41, 5.74) is 5.48. The highest BCUT2D eigenvalue weighted by Gasteiger charge is 2.23. The van der Waals surface area contributed by atoms with E-state index >= 15 is 0 Å². The van der Waals surface area contributed by atoms with Crippen LogP contribution in [0, 0.1) is 6.92 Å². The minimum Gasteiger partial charge on any atom is -0.493 e. The Morgan fingerprint density at radius 2 is 2.00 bits per heavy atom. The number of nitrogens with one attached hydrogen (secondary N) is 1. The zero-order chi connectivity index (χ0) is 19.8. The Morgan fingerprint density at radius 3 is 2.86 bits per heavy atom. The number of aryl methyl sites for hydroxylation is 1. The van der Waals surface area contributed by atoms with Crippen LogP contribution in [0.3, 0.4) is 0 Å². The average molecular weight is 383 g/mol. The maximum atomic E-state index is 12.9. The summed E-state index contributed by atoms with van der Waals surface area (Å²) in [6, 6.07) is 19.7. The summed E-state index contributed by atoms with van der Waals surface area (Å²) in [5.74, 6) is 0.750. The fraction of sp³-hybridized carbons (Fsp3) is 0.167. The van der Waals surface area contributed by atoms with E-state index in [4.69, 9.17) is 4.74 Å². The van der Waals surface area contributed by atoms with E-state index in [1.807, 2.05) is 78.3 Å². The van der Waals surface area contributed by atoms with E-state index in [1.54, 1.807) is 0 Å². The fourth-order valence-electron chi connectivity index (χ4n) is 3.78. The Hall–Kier alpha value is -3.60. The second-order valence-corrected chi connectivity index (χ2v) is 7.38. The highest BCUT2D eigenvalue weighted by atomic mass is 16.5. The molecule has 0 bridgehead atoms. The number of carbonyl (C=O) groups is 1. The topological polar surface area (TPSA) is 55.6 Å². The van der Waals surface area contributed by atoms with Gasteiger partial charge >= 0.3 is 0 Å². The third kappa shape index (κ3) is 3.36. The molecular weight excluding hydrogens is 362 g/mol. The molecule has 0 fully saturated rings. The number of hydrogen-bond donors (Lipinski definition) is 1. The quantitative estimate of drug-likeness (QED) is 0.564. The van der Waals surface area contributed by atoms with Crippen molar-refractivity contribution in [3.8, 4) is 17.0 Å². The van der Waals surface area contributed by atoms with Gasteiger partial charge in [-0.2, -0.15) is 0 Å². The number of hydrogen-bond acceptors (Lipinski definition) is 3. The van der Waals surface area contributed by atoms with Crippen molar-refractivity contribution < 1.29 is 9.53 Å². The summed E-state index contributed by atoms with van der Waals surface area (Å²) in [6.45, 7) is 2.64. The molecule has 0 spiro atoms. The van der Waals surface area contributed by atoms with Gasteiger partial charge in [-0.1, -0.05) is 48.0 Å². The molecule has 5 heteroatoms. The molecule has 29 heavy (non-hydrogen) atoms. The number of amides is 1. The third-order valence-corrected chi connectivity index (χ3v) is 5.30. The molecule has 1 aliphatic rings. The van der Waals surface area contributed by atoms with Crippen molar-refractivity contribution >= 4 is 11.6 Å². The zero-order valence-corrected chi connectivity index (χ0v) is 16.1. The van der Waals surface area contributed by atoms with Gasteiger partial charge in [0, 0.05) is 35.5 Å². The molecule has 2 aromatic carbocycles. The van der Waals surface area contributed by atoms with E-state index in [0.717, 1.165) is 40.2 Å². The van der Waals surface area contributed by atoms with E-state index in [-0.39, 0.29) is 11.9 Å². The van der Waals surface area contributed by atoms with E-state index in [1.165, 1.54) is 0 Å². The first-order valence-electron chi connectivity index (χ1n) is 9.76. The zero-order valence-electron chi connectivity index (χ0n) is 16.1. The minimum absolute atomic E-state index is 0.0537. The lowest BCUT2D eigenvalue weighted by Crippen LogP contribution is -2.32. The van der Waals surface area contributed by atoms with Crippen molar-refractivity contribution in [1.29, 1.82) is 0 Å². The smallest absolute Gasteiger partial charge is 0.251 e. The lowest BCUT2D eigenvalue weighted by atomic mass is 9.98. The summed E-state index contributed by atoms with van der Waals surface area (Å²) in [7, 11) is 0. The second-order valence-electron chi connectivity index (χ2n) is 7.38. The molecule has 5 nitrogen and oxygen atoms in total. The highest BCUT2D eigenvalue weighted by Crippen LogP contribution is 2.33. The van der Waals surface area contributed by atoms with Gasteiger partial charge in [0.15, 0.2) is 0 Å². The van der Waals surface area contributed by atoms with Crippen LogP contribution in [0.4, 0.5) is 0 Å². The van der Waals surface area contributed by atoms with Gasteiger partial charge in [0.2, 0.25) is 0 Å². The number of fused-ring (bicyclic) bond motifs is 2. The molecule has 1 atom stereocenters. The number of rotatable bonds is 3. The van der Waals surface area contributed by atoms with Gasteiger partial charge in [0.05, 0.1) is 18.3 Å². The van der Waals surface area contributed by atoms with Crippen molar-refractivity contribution in [2.24, 2.45) is 0 Å². The van der Waals surface area contributed by atoms with Gasteiger partial charge < -0.3 is 14.5 Å². The van der Waals surface area contributed by atoms with Crippen LogP contribution < -0.4 is 10.1 Å². The predicted octanol–water partition coefficient (Wildman–Crippen LogP) is 4.56. The molecular formula is C24H21N3O2. The first-order chi connectivity index (χ1) is 14.2. The monoisotopic (exact) mass is 383 g/mol. The van der Waals surface area contributed by atoms with Gasteiger partial charge in [0.1, 0.15) is 11.4 Å². The Balaban J connectivity index is 1.41. The minimum atomic E-state index is -0.101. The normalized spacial score (nSPS) is 15.6. The standard InChI is InChI=1S/C24H21N3O2/c1-16-7-8-22-19(13-16)20(10-12-29-22)26-24(28)18-9-11-27-15-21(25-23(27)14-18)17-5-3-2-4-6-17/h2-9,11,13-15,20H,10,12H2,1H3,(H,26,28). The number of ether oxygens (including phenoxy) is 1. The lowest BCUT2D eigenvalue weighted by Gasteiger charge is -2.27. The summed E-state index contributed by atoms with van der Waals surface area (Å²) in [4.78, 5) is 17.6. The van der Waals surface area contributed by atoms with Crippen LogP contribution in [0.15, 0.2) is 73.1 Å². The maximum Gasteiger partial charge on any atom is 0.251 e. The Kier molecular flexibility index (Phi) is 4.28. The van der Waals surface area contributed by atoms with Crippen LogP contribution in [0.25, 0.3) is 16.9 Å². The maximum absolute atomic E-state index is 12.9. The average Bonchev–Trinajstić information content (AvgIpc) is 3.18. The molecule has 1 N–H and O–H groups in total. The van der Waals surface area contributed by atoms with Crippen molar-refractivity contribution in [2.45, 2.75) is 19.4 Å². The van der Waals surface area contributed by atoms with Crippen molar-refractivity contribution in [2.75, 3.05) is 6.61 Å². The molecule has 1 unspecified atom stereocenters. The summed E-state index contributed by atoms with van der Waals surface area (Å²) >= 11 is 0. The molecule has 1 amide bonds. The Labute approximate surface area is 169 Å². The third-order valence-electron chi connectivity index (χ3n) is 5.30. The van der Waals surface area contributed by atoms with Crippen LogP contribution in [0.5, 0.6) is 5.75 Å². The highest BCUT2D eigenvalue weighted by molar-refractivity contribution is 5.95. The molecule has 144 valence electrons. The molecule has 0 aliphatic carbocycles. The number of imidazole rings is 1. The second kappa shape index (κ2) is 7.09. The SMILES string of the molecule is Cc1ccc2c(c1)C(NC(=O)c1ccn3cc(-c4ccccc4)nc3c1)CCO2. The molecule has 2 aromatic heterocycles. The van der Waals surface area contributed by atoms with Gasteiger partial charge in [-0.25, -0.2) is 4.98 Å².